The van der Waals surface area contributed by atoms with E-state index >= 15 is 0 Å². The maximum atomic E-state index is 11.2. The van der Waals surface area contributed by atoms with Gasteiger partial charge in [-0.1, -0.05) is 5.21 Å². The maximum absolute atomic E-state index is 11.2. The molecule has 1 aromatic carbocycles. The highest BCUT2D eigenvalue weighted by Crippen LogP contribution is 2.14. The zero-order valence-electron chi connectivity index (χ0n) is 8.08. The molecule has 0 saturated heterocycles. The molecule has 0 saturated carbocycles. The van der Waals surface area contributed by atoms with Gasteiger partial charge in [-0.2, -0.15) is 0 Å². The molecule has 0 aliphatic rings. The van der Waals surface area contributed by atoms with Crippen LogP contribution < -0.4 is 0 Å². The molecule has 2 aromatic rings. The number of benzene rings is 1. The number of ketones is 1. The first-order valence-electron chi connectivity index (χ1n) is 4.39. The summed E-state index contributed by atoms with van der Waals surface area (Å²) >= 11 is 0. The fourth-order valence-electron chi connectivity index (χ4n) is 1.26. The Hall–Kier alpha value is -2.17. The predicted octanol–water partition coefficient (Wildman–Crippen LogP) is 1.18. The van der Waals surface area contributed by atoms with Gasteiger partial charge >= 0.3 is 0 Å². The number of nitrogens with zero attached hydrogens (tertiary/aromatic N) is 3. The van der Waals surface area contributed by atoms with E-state index in [4.69, 9.17) is 5.11 Å². The number of carbonyl (C=O) groups is 1. The number of aromatic nitrogens is 3. The second-order valence-corrected chi connectivity index (χ2v) is 3.10. The molecule has 0 spiro atoms. The molecule has 1 aromatic heterocycles. The van der Waals surface area contributed by atoms with Crippen molar-refractivity contribution in [1.29, 1.82) is 0 Å². The minimum atomic E-state index is -0.104. The quantitative estimate of drug-likeness (QED) is 0.744. The molecule has 76 valence electrons. The fourth-order valence-corrected chi connectivity index (χ4v) is 1.26. The minimum Gasteiger partial charge on any atom is -0.508 e. The average Bonchev–Trinajstić information content (AvgIpc) is 2.67. The van der Waals surface area contributed by atoms with Crippen molar-refractivity contribution >= 4 is 5.78 Å². The smallest absolute Gasteiger partial charge is 0.179 e. The Bertz CT molecular complexity index is 488. The van der Waals surface area contributed by atoms with Crippen LogP contribution in [-0.2, 0) is 0 Å². The fraction of sp³-hybridized carbons (Fsp3) is 0.100. The molecule has 0 atom stereocenters. The molecule has 5 heteroatoms. The van der Waals surface area contributed by atoms with Gasteiger partial charge in [-0.3, -0.25) is 4.79 Å². The second kappa shape index (κ2) is 3.53. The van der Waals surface area contributed by atoms with Crippen LogP contribution in [-0.4, -0.2) is 25.9 Å². The second-order valence-electron chi connectivity index (χ2n) is 3.10. The number of hydrogen-bond donors (Lipinski definition) is 1. The van der Waals surface area contributed by atoms with Crippen LogP contribution >= 0.6 is 0 Å². The molecule has 0 aliphatic carbocycles. The number of phenolic OH excluding ortho intramolecular Hbond substituents is 1. The monoisotopic (exact) mass is 203 g/mol. The van der Waals surface area contributed by atoms with Crippen LogP contribution in [0, 0.1) is 0 Å². The van der Waals surface area contributed by atoms with Crippen molar-refractivity contribution in [3.05, 3.63) is 36.2 Å². The summed E-state index contributed by atoms with van der Waals surface area (Å²) in [6.07, 6.45) is 1.41. The molecule has 0 bridgehead atoms. The predicted molar refractivity (Wildman–Crippen MR) is 53.0 cm³/mol. The standard InChI is InChI=1S/C10H9N3O2/c1-7(14)10-6-11-12-13(10)8-2-4-9(15)5-3-8/h2-6,15H,1H3. The average molecular weight is 203 g/mol. The lowest BCUT2D eigenvalue weighted by atomic mass is 10.3. The Kier molecular flexibility index (Phi) is 2.21. The molecule has 1 N–H and O–H groups in total. The Balaban J connectivity index is 2.49. The SMILES string of the molecule is CC(=O)c1cnnn1-c1ccc(O)cc1. The van der Waals surface area contributed by atoms with E-state index in [-0.39, 0.29) is 11.5 Å². The van der Waals surface area contributed by atoms with Gasteiger partial charge in [0.05, 0.1) is 11.9 Å². The van der Waals surface area contributed by atoms with Crippen LogP contribution in [0.15, 0.2) is 30.5 Å². The Labute approximate surface area is 86.0 Å². The molecule has 0 unspecified atom stereocenters. The van der Waals surface area contributed by atoms with E-state index in [1.54, 1.807) is 12.1 Å². The molecule has 0 radical (unpaired) electrons. The van der Waals surface area contributed by atoms with Crippen molar-refractivity contribution in [3.8, 4) is 11.4 Å². The highest BCUT2D eigenvalue weighted by atomic mass is 16.3. The first-order chi connectivity index (χ1) is 7.18. The van der Waals surface area contributed by atoms with E-state index in [2.05, 4.69) is 10.3 Å². The van der Waals surface area contributed by atoms with Crippen molar-refractivity contribution in [1.82, 2.24) is 15.0 Å². The van der Waals surface area contributed by atoms with Gasteiger partial charge in [0, 0.05) is 6.92 Å². The van der Waals surface area contributed by atoms with Crippen LogP contribution in [0.1, 0.15) is 17.4 Å². The first-order valence-corrected chi connectivity index (χ1v) is 4.39. The topological polar surface area (TPSA) is 68.0 Å². The van der Waals surface area contributed by atoms with Gasteiger partial charge in [0.15, 0.2) is 5.78 Å². The van der Waals surface area contributed by atoms with Gasteiger partial charge in [0.2, 0.25) is 0 Å². The lowest BCUT2D eigenvalue weighted by Crippen LogP contribution is -2.05. The Morgan fingerprint density at radius 3 is 2.60 bits per heavy atom. The summed E-state index contributed by atoms with van der Waals surface area (Å²) < 4.78 is 1.43. The van der Waals surface area contributed by atoms with Crippen molar-refractivity contribution in [2.45, 2.75) is 6.92 Å². The van der Waals surface area contributed by atoms with Crippen LogP contribution in [0.4, 0.5) is 0 Å². The maximum Gasteiger partial charge on any atom is 0.179 e. The van der Waals surface area contributed by atoms with E-state index < -0.39 is 0 Å². The molecule has 0 amide bonds. The summed E-state index contributed by atoms with van der Waals surface area (Å²) in [7, 11) is 0. The van der Waals surface area contributed by atoms with Gasteiger partial charge in [-0.05, 0) is 24.3 Å². The molecule has 1 heterocycles. The van der Waals surface area contributed by atoms with Crippen molar-refractivity contribution in [3.63, 3.8) is 0 Å². The zero-order valence-corrected chi connectivity index (χ0v) is 8.08. The number of hydrogen-bond acceptors (Lipinski definition) is 4. The van der Waals surface area contributed by atoms with E-state index in [0.717, 1.165) is 0 Å². The Morgan fingerprint density at radius 2 is 2.00 bits per heavy atom. The van der Waals surface area contributed by atoms with Crippen molar-refractivity contribution in [2.24, 2.45) is 0 Å². The summed E-state index contributed by atoms with van der Waals surface area (Å²) in [6, 6.07) is 6.38. The lowest BCUT2D eigenvalue weighted by molar-refractivity contribution is 0.101. The summed E-state index contributed by atoms with van der Waals surface area (Å²) in [6.45, 7) is 1.45. The van der Waals surface area contributed by atoms with Crippen molar-refractivity contribution < 1.29 is 9.90 Å². The van der Waals surface area contributed by atoms with Gasteiger partial charge in [-0.25, -0.2) is 4.68 Å². The van der Waals surface area contributed by atoms with Gasteiger partial charge in [0.1, 0.15) is 11.4 Å². The lowest BCUT2D eigenvalue weighted by Gasteiger charge is -2.03. The third-order valence-electron chi connectivity index (χ3n) is 2.00. The highest BCUT2D eigenvalue weighted by Gasteiger charge is 2.09. The third kappa shape index (κ3) is 1.71. The van der Waals surface area contributed by atoms with Crippen LogP contribution in [0.2, 0.25) is 0 Å². The molecular formula is C10H9N3O2. The third-order valence-corrected chi connectivity index (χ3v) is 2.00. The highest BCUT2D eigenvalue weighted by molar-refractivity contribution is 5.92. The largest absolute Gasteiger partial charge is 0.508 e. The van der Waals surface area contributed by atoms with E-state index in [1.807, 2.05) is 0 Å². The minimum absolute atomic E-state index is 0.104. The number of carbonyl (C=O) groups excluding carboxylic acids is 1. The molecule has 15 heavy (non-hydrogen) atoms. The van der Waals surface area contributed by atoms with Crippen LogP contribution in [0.3, 0.4) is 0 Å². The number of phenols is 1. The normalized spacial score (nSPS) is 10.2. The number of Topliss-reactive ketones (excluding diaryl/α,β-unsaturated/α-hetero) is 1. The summed E-state index contributed by atoms with van der Waals surface area (Å²) in [4.78, 5) is 11.2. The summed E-state index contributed by atoms with van der Waals surface area (Å²) in [5.41, 5.74) is 1.11. The van der Waals surface area contributed by atoms with E-state index in [9.17, 15) is 4.79 Å². The molecular weight excluding hydrogens is 194 g/mol. The Morgan fingerprint density at radius 1 is 1.33 bits per heavy atom. The summed E-state index contributed by atoms with van der Waals surface area (Å²) in [5, 5.41) is 16.6. The molecule has 0 fully saturated rings. The molecule has 5 nitrogen and oxygen atoms in total. The zero-order chi connectivity index (χ0) is 10.8. The van der Waals surface area contributed by atoms with E-state index in [0.29, 0.717) is 11.4 Å². The van der Waals surface area contributed by atoms with Gasteiger partial charge in [0.25, 0.3) is 0 Å². The first kappa shape index (κ1) is 9.39. The van der Waals surface area contributed by atoms with Crippen molar-refractivity contribution in [2.75, 3.05) is 0 Å². The van der Waals surface area contributed by atoms with Gasteiger partial charge in [-0.15, -0.1) is 5.10 Å². The van der Waals surface area contributed by atoms with Crippen LogP contribution in [0.5, 0.6) is 5.75 Å². The van der Waals surface area contributed by atoms with Gasteiger partial charge < -0.3 is 5.11 Å². The van der Waals surface area contributed by atoms with E-state index in [1.165, 1.54) is 29.9 Å². The molecule has 2 rings (SSSR count). The number of rotatable bonds is 2. The summed E-state index contributed by atoms with van der Waals surface area (Å²) in [5.74, 6) is 0.0660. The van der Waals surface area contributed by atoms with Crippen LogP contribution in [0.25, 0.3) is 5.69 Å². The number of aromatic hydroxyl groups is 1. The molecule has 0 aliphatic heterocycles.